The molecule has 0 radical (unpaired) electrons. The zero-order valence-electron chi connectivity index (χ0n) is 14.9. The number of hydrogen-bond donors (Lipinski definition) is 1. The zero-order valence-corrected chi connectivity index (χ0v) is 14.9. The maximum absolute atomic E-state index is 12.1. The van der Waals surface area contributed by atoms with Crippen molar-refractivity contribution in [3.8, 4) is 11.5 Å². The molecular weight excluding hydrogens is 334 g/mol. The molecule has 138 valence electrons. The maximum atomic E-state index is 12.1. The fourth-order valence-corrected chi connectivity index (χ4v) is 2.95. The van der Waals surface area contributed by atoms with Crippen LogP contribution in [0.4, 0.5) is 0 Å². The lowest BCUT2D eigenvalue weighted by atomic mass is 9.97. The third-order valence-corrected chi connectivity index (χ3v) is 4.33. The van der Waals surface area contributed by atoms with Gasteiger partial charge in [-0.1, -0.05) is 6.07 Å². The Labute approximate surface area is 151 Å². The summed E-state index contributed by atoms with van der Waals surface area (Å²) in [6, 6.07) is 8.74. The van der Waals surface area contributed by atoms with Crippen LogP contribution < -0.4 is 20.3 Å². The van der Waals surface area contributed by atoms with E-state index >= 15 is 0 Å². The number of hydrogen-bond acceptors (Lipinski definition) is 5. The minimum Gasteiger partial charge on any atom is -0.497 e. The molecule has 1 aliphatic rings. The number of fused-ring (bicyclic) bond motifs is 1. The lowest BCUT2D eigenvalue weighted by molar-refractivity contribution is -0.123. The molecule has 3 rings (SSSR count). The Morgan fingerprint density at radius 1 is 1.23 bits per heavy atom. The standard InChI is InChI=1S/C19H23N3O4/c1-25-15-6-4-7-16(12-15)26-13-18(23)20-9-10-22-19(24)11-14-5-2-3-8-17(14)21-22/h4,6-7,11-12H,2-3,5,8-10,13H2,1H3,(H,20,23). The van der Waals surface area contributed by atoms with Gasteiger partial charge in [-0.25, -0.2) is 4.68 Å². The van der Waals surface area contributed by atoms with E-state index in [1.54, 1.807) is 37.4 Å². The predicted octanol–water partition coefficient (Wildman–Crippen LogP) is 1.33. The quantitative estimate of drug-likeness (QED) is 0.808. The fraction of sp³-hybridized carbons (Fsp3) is 0.421. The smallest absolute Gasteiger partial charge is 0.267 e. The van der Waals surface area contributed by atoms with Crippen LogP contribution in [0.1, 0.15) is 24.1 Å². The van der Waals surface area contributed by atoms with E-state index in [2.05, 4.69) is 10.4 Å². The highest BCUT2D eigenvalue weighted by molar-refractivity contribution is 5.77. The number of amides is 1. The summed E-state index contributed by atoms with van der Waals surface area (Å²) in [5.74, 6) is 0.978. The van der Waals surface area contributed by atoms with Crippen LogP contribution in [-0.4, -0.2) is 35.9 Å². The van der Waals surface area contributed by atoms with Gasteiger partial charge in [-0.2, -0.15) is 5.10 Å². The van der Waals surface area contributed by atoms with Gasteiger partial charge in [0.15, 0.2) is 6.61 Å². The highest BCUT2D eigenvalue weighted by Crippen LogP contribution is 2.18. The number of methoxy groups -OCH3 is 1. The topological polar surface area (TPSA) is 82.4 Å². The summed E-state index contributed by atoms with van der Waals surface area (Å²) in [5.41, 5.74) is 1.95. The van der Waals surface area contributed by atoms with Crippen LogP contribution in [0.2, 0.25) is 0 Å². The molecule has 0 spiro atoms. The second kappa shape index (κ2) is 8.51. The number of rotatable bonds is 7. The normalized spacial score (nSPS) is 13.0. The van der Waals surface area contributed by atoms with Crippen molar-refractivity contribution in [2.45, 2.75) is 32.2 Å². The Kier molecular flexibility index (Phi) is 5.88. The molecule has 0 bridgehead atoms. The number of carbonyl (C=O) groups excluding carboxylic acids is 1. The SMILES string of the molecule is COc1cccc(OCC(=O)NCCn2nc3c(cc2=O)CCCC3)c1. The van der Waals surface area contributed by atoms with Crippen molar-refractivity contribution in [3.05, 3.63) is 51.9 Å². The largest absolute Gasteiger partial charge is 0.497 e. The number of aryl methyl sites for hydroxylation is 2. The van der Waals surface area contributed by atoms with Gasteiger partial charge < -0.3 is 14.8 Å². The molecule has 1 aromatic heterocycles. The lowest BCUT2D eigenvalue weighted by Crippen LogP contribution is -2.35. The van der Waals surface area contributed by atoms with Gasteiger partial charge in [0.25, 0.3) is 11.5 Å². The van der Waals surface area contributed by atoms with E-state index in [1.165, 1.54) is 4.68 Å². The molecular formula is C19H23N3O4. The second-order valence-electron chi connectivity index (χ2n) is 6.20. The first-order valence-electron chi connectivity index (χ1n) is 8.79. The van der Waals surface area contributed by atoms with Gasteiger partial charge in [-0.05, 0) is 43.4 Å². The number of ether oxygens (including phenoxy) is 2. The maximum Gasteiger partial charge on any atom is 0.267 e. The average Bonchev–Trinajstić information content (AvgIpc) is 2.67. The third-order valence-electron chi connectivity index (χ3n) is 4.33. The van der Waals surface area contributed by atoms with Crippen molar-refractivity contribution in [2.24, 2.45) is 0 Å². The van der Waals surface area contributed by atoms with Gasteiger partial charge in [0.2, 0.25) is 0 Å². The first-order valence-corrected chi connectivity index (χ1v) is 8.79. The van der Waals surface area contributed by atoms with Gasteiger partial charge in [0, 0.05) is 18.7 Å². The molecule has 1 aromatic carbocycles. The number of benzene rings is 1. The first kappa shape index (κ1) is 18.0. The van der Waals surface area contributed by atoms with E-state index in [0.717, 1.165) is 36.9 Å². The Morgan fingerprint density at radius 2 is 2.04 bits per heavy atom. The number of nitrogens with one attached hydrogen (secondary N) is 1. The third kappa shape index (κ3) is 4.62. The van der Waals surface area contributed by atoms with Crippen molar-refractivity contribution in [1.29, 1.82) is 0 Å². The van der Waals surface area contributed by atoms with E-state index < -0.39 is 0 Å². The van der Waals surface area contributed by atoms with Crippen LogP contribution in [-0.2, 0) is 24.2 Å². The van der Waals surface area contributed by atoms with Crippen molar-refractivity contribution in [2.75, 3.05) is 20.3 Å². The van der Waals surface area contributed by atoms with Crippen molar-refractivity contribution >= 4 is 5.91 Å². The highest BCUT2D eigenvalue weighted by Gasteiger charge is 2.13. The van der Waals surface area contributed by atoms with Crippen LogP contribution >= 0.6 is 0 Å². The Balaban J connectivity index is 1.47. The molecule has 7 heteroatoms. The summed E-state index contributed by atoms with van der Waals surface area (Å²) in [5, 5.41) is 7.17. The monoisotopic (exact) mass is 357 g/mol. The number of aromatic nitrogens is 2. The molecule has 1 heterocycles. The zero-order chi connectivity index (χ0) is 18.4. The highest BCUT2D eigenvalue weighted by atomic mass is 16.5. The van der Waals surface area contributed by atoms with Crippen LogP contribution in [0.3, 0.4) is 0 Å². The van der Waals surface area contributed by atoms with Crippen LogP contribution in [0, 0.1) is 0 Å². The molecule has 1 aliphatic carbocycles. The predicted molar refractivity (Wildman–Crippen MR) is 96.6 cm³/mol. The fourth-order valence-electron chi connectivity index (χ4n) is 2.95. The summed E-state index contributed by atoms with van der Waals surface area (Å²) < 4.78 is 12.0. The molecule has 0 atom stereocenters. The summed E-state index contributed by atoms with van der Waals surface area (Å²) in [6.45, 7) is 0.572. The van der Waals surface area contributed by atoms with Gasteiger partial charge in [0.05, 0.1) is 19.3 Å². The van der Waals surface area contributed by atoms with Gasteiger partial charge in [0.1, 0.15) is 11.5 Å². The van der Waals surface area contributed by atoms with Gasteiger partial charge >= 0.3 is 0 Å². The number of carbonyl (C=O) groups is 1. The molecule has 0 saturated heterocycles. The van der Waals surface area contributed by atoms with E-state index in [1.807, 2.05) is 0 Å². The molecule has 0 aliphatic heterocycles. The minimum absolute atomic E-state index is 0.0975. The molecule has 1 N–H and O–H groups in total. The Hall–Kier alpha value is -2.83. The summed E-state index contributed by atoms with van der Waals surface area (Å²) in [7, 11) is 1.57. The van der Waals surface area contributed by atoms with E-state index in [4.69, 9.17) is 9.47 Å². The van der Waals surface area contributed by atoms with Crippen molar-refractivity contribution < 1.29 is 14.3 Å². The van der Waals surface area contributed by atoms with E-state index in [0.29, 0.717) is 24.6 Å². The molecule has 2 aromatic rings. The first-order chi connectivity index (χ1) is 12.7. The average molecular weight is 357 g/mol. The van der Waals surface area contributed by atoms with Crippen LogP contribution in [0.5, 0.6) is 11.5 Å². The van der Waals surface area contributed by atoms with E-state index in [9.17, 15) is 9.59 Å². The number of nitrogens with zero attached hydrogens (tertiary/aromatic N) is 2. The molecule has 7 nitrogen and oxygen atoms in total. The molecule has 0 unspecified atom stereocenters. The summed E-state index contributed by atoms with van der Waals surface area (Å²) in [4.78, 5) is 24.0. The molecule has 0 saturated carbocycles. The summed E-state index contributed by atoms with van der Waals surface area (Å²) in [6.07, 6.45) is 4.06. The molecule has 0 fully saturated rings. The second-order valence-corrected chi connectivity index (χ2v) is 6.20. The Morgan fingerprint density at radius 3 is 2.88 bits per heavy atom. The Bertz CT molecular complexity index is 832. The van der Waals surface area contributed by atoms with Crippen molar-refractivity contribution in [3.63, 3.8) is 0 Å². The minimum atomic E-state index is -0.251. The summed E-state index contributed by atoms with van der Waals surface area (Å²) >= 11 is 0. The van der Waals surface area contributed by atoms with Gasteiger partial charge in [-0.15, -0.1) is 0 Å². The van der Waals surface area contributed by atoms with Gasteiger partial charge in [-0.3, -0.25) is 9.59 Å². The van der Waals surface area contributed by atoms with Crippen LogP contribution in [0.25, 0.3) is 0 Å². The van der Waals surface area contributed by atoms with Crippen molar-refractivity contribution in [1.82, 2.24) is 15.1 Å². The lowest BCUT2D eigenvalue weighted by Gasteiger charge is -2.16. The van der Waals surface area contributed by atoms with Crippen LogP contribution in [0.15, 0.2) is 35.1 Å². The molecule has 1 amide bonds. The van der Waals surface area contributed by atoms with E-state index in [-0.39, 0.29) is 18.1 Å². The molecule has 26 heavy (non-hydrogen) atoms.